The third-order valence-electron chi connectivity index (χ3n) is 3.53. The Morgan fingerprint density at radius 1 is 1.33 bits per heavy atom. The first-order valence-corrected chi connectivity index (χ1v) is 6.59. The second-order valence-corrected chi connectivity index (χ2v) is 5.11. The number of aliphatic hydroxyl groups excluding tert-OH is 1. The van der Waals surface area contributed by atoms with Crippen molar-refractivity contribution in [3.8, 4) is 0 Å². The van der Waals surface area contributed by atoms with Crippen LogP contribution in [-0.2, 0) is 4.79 Å². The first-order valence-electron chi connectivity index (χ1n) is 6.59. The number of aliphatic hydroxyl groups is 1. The van der Waals surface area contributed by atoms with Gasteiger partial charge in [0.05, 0.1) is 12.1 Å². The van der Waals surface area contributed by atoms with Crippen LogP contribution in [-0.4, -0.2) is 62.5 Å². The van der Waals surface area contributed by atoms with Crippen molar-refractivity contribution in [1.82, 2.24) is 25.6 Å². The maximum Gasteiger partial charge on any atom is 0.254 e. The van der Waals surface area contributed by atoms with Gasteiger partial charge >= 0.3 is 0 Å². The highest BCUT2D eigenvalue weighted by Crippen LogP contribution is 2.17. The van der Waals surface area contributed by atoms with Gasteiger partial charge in [-0.05, 0) is 18.2 Å². The molecular weight excluding hydrogens is 274 g/mol. The molecule has 8 heteroatoms. The lowest BCUT2D eigenvalue weighted by Crippen LogP contribution is -2.41. The molecule has 2 atom stereocenters. The number of carbonyl (C=O) groups is 2. The van der Waals surface area contributed by atoms with Gasteiger partial charge in [0.2, 0.25) is 5.91 Å². The summed E-state index contributed by atoms with van der Waals surface area (Å²) < 4.78 is 0. The number of nitrogens with one attached hydrogen (secondary N) is 2. The molecule has 8 nitrogen and oxygen atoms in total. The number of hydrogen-bond donors (Lipinski definition) is 3. The molecule has 0 bridgehead atoms. The van der Waals surface area contributed by atoms with Gasteiger partial charge in [-0.2, -0.15) is 15.4 Å². The summed E-state index contributed by atoms with van der Waals surface area (Å²) in [4.78, 5) is 25.0. The Labute approximate surface area is 120 Å². The molecule has 1 saturated heterocycles. The molecule has 0 saturated carbocycles. The second kappa shape index (κ2) is 5.13. The van der Waals surface area contributed by atoms with Crippen LogP contribution in [0.2, 0.25) is 0 Å². The number of hydrogen-bond acceptors (Lipinski definition) is 5. The highest BCUT2D eigenvalue weighted by molar-refractivity contribution is 5.97. The Morgan fingerprint density at radius 3 is 2.86 bits per heavy atom. The van der Waals surface area contributed by atoms with Crippen LogP contribution in [0, 0.1) is 0 Å². The highest BCUT2D eigenvalue weighted by Gasteiger charge is 2.34. The van der Waals surface area contributed by atoms with Gasteiger partial charge in [0.25, 0.3) is 5.91 Å². The normalized spacial score (nSPS) is 21.7. The van der Waals surface area contributed by atoms with Gasteiger partial charge < -0.3 is 15.3 Å². The van der Waals surface area contributed by atoms with Crippen LogP contribution in [0.1, 0.15) is 17.3 Å². The van der Waals surface area contributed by atoms with Crippen molar-refractivity contribution in [2.75, 3.05) is 13.1 Å². The quantitative estimate of drug-likeness (QED) is 0.675. The number of carbonyl (C=O) groups excluding carboxylic acids is 2. The van der Waals surface area contributed by atoms with Gasteiger partial charge in [-0.3, -0.25) is 9.59 Å². The van der Waals surface area contributed by atoms with E-state index in [1.807, 2.05) is 0 Å². The van der Waals surface area contributed by atoms with Crippen LogP contribution in [0.5, 0.6) is 0 Å². The van der Waals surface area contributed by atoms with Crippen LogP contribution in [0.15, 0.2) is 18.2 Å². The number of β-amino-alcohol motifs (C(OH)–C–C–N with tert-alkyl or cyclic N) is 1. The first-order chi connectivity index (χ1) is 10.0. The van der Waals surface area contributed by atoms with E-state index in [0.717, 1.165) is 0 Å². The molecule has 1 aliphatic rings. The maximum atomic E-state index is 12.4. The van der Waals surface area contributed by atoms with E-state index in [1.54, 1.807) is 18.2 Å². The predicted octanol–water partition coefficient (Wildman–Crippen LogP) is -0.721. The number of amides is 2. The number of rotatable bonds is 2. The van der Waals surface area contributed by atoms with E-state index < -0.39 is 12.1 Å². The molecule has 0 aliphatic carbocycles. The largest absolute Gasteiger partial charge is 0.389 e. The SMILES string of the molecule is CC(=O)N[C@@H]1CN(C(=O)c2ccc3n[nH]nc3c2)C[C@H]1O. The summed E-state index contributed by atoms with van der Waals surface area (Å²) in [6.07, 6.45) is -0.756. The lowest BCUT2D eigenvalue weighted by Gasteiger charge is -2.16. The molecule has 1 aliphatic heterocycles. The fraction of sp³-hybridized carbons (Fsp3) is 0.385. The van der Waals surface area contributed by atoms with E-state index in [9.17, 15) is 14.7 Å². The number of fused-ring (bicyclic) bond motifs is 1. The molecule has 1 aromatic carbocycles. The van der Waals surface area contributed by atoms with Gasteiger partial charge in [0.1, 0.15) is 11.0 Å². The molecule has 0 radical (unpaired) electrons. The minimum Gasteiger partial charge on any atom is -0.389 e. The minimum atomic E-state index is -0.756. The molecule has 0 spiro atoms. The van der Waals surface area contributed by atoms with Crippen molar-refractivity contribution in [1.29, 1.82) is 0 Å². The van der Waals surface area contributed by atoms with Gasteiger partial charge in [0.15, 0.2) is 0 Å². The Kier molecular flexibility index (Phi) is 3.30. The second-order valence-electron chi connectivity index (χ2n) is 5.11. The van der Waals surface area contributed by atoms with Crippen LogP contribution in [0.25, 0.3) is 11.0 Å². The summed E-state index contributed by atoms with van der Waals surface area (Å²) in [6.45, 7) is 1.87. The summed E-state index contributed by atoms with van der Waals surface area (Å²) in [5.41, 5.74) is 1.77. The molecule has 3 rings (SSSR count). The van der Waals surface area contributed by atoms with Crippen molar-refractivity contribution in [2.24, 2.45) is 0 Å². The van der Waals surface area contributed by atoms with E-state index in [4.69, 9.17) is 0 Å². The standard InChI is InChI=1S/C13H15N5O3/c1-7(19)14-11-5-18(6-12(11)20)13(21)8-2-3-9-10(4-8)16-17-15-9/h2-4,11-12,20H,5-6H2,1H3,(H,14,19)(H,15,16,17)/t11-,12-/m1/s1. The smallest absolute Gasteiger partial charge is 0.254 e. The predicted molar refractivity (Wildman–Crippen MR) is 73.4 cm³/mol. The van der Waals surface area contributed by atoms with Crippen LogP contribution < -0.4 is 5.32 Å². The van der Waals surface area contributed by atoms with Gasteiger partial charge in [-0.25, -0.2) is 0 Å². The summed E-state index contributed by atoms with van der Waals surface area (Å²) in [6, 6.07) is 4.61. The van der Waals surface area contributed by atoms with Crippen LogP contribution in [0.4, 0.5) is 0 Å². The number of aromatic amines is 1. The zero-order valence-electron chi connectivity index (χ0n) is 11.4. The van der Waals surface area contributed by atoms with Gasteiger partial charge in [0, 0.05) is 25.6 Å². The number of H-pyrrole nitrogens is 1. The van der Waals surface area contributed by atoms with Crippen LogP contribution in [0.3, 0.4) is 0 Å². The Morgan fingerprint density at radius 2 is 2.10 bits per heavy atom. The fourth-order valence-electron chi connectivity index (χ4n) is 2.51. The molecule has 3 N–H and O–H groups in total. The van der Waals surface area contributed by atoms with Crippen molar-refractivity contribution >= 4 is 22.8 Å². The number of likely N-dealkylation sites (tertiary alicyclic amines) is 1. The third kappa shape index (κ3) is 2.57. The maximum absolute atomic E-state index is 12.4. The third-order valence-corrected chi connectivity index (χ3v) is 3.53. The molecule has 1 fully saturated rings. The molecule has 110 valence electrons. The monoisotopic (exact) mass is 289 g/mol. The fourth-order valence-corrected chi connectivity index (χ4v) is 2.51. The molecule has 2 aromatic rings. The Bertz CT molecular complexity index is 698. The summed E-state index contributed by atoms with van der Waals surface area (Å²) in [5, 5.41) is 22.9. The molecule has 21 heavy (non-hydrogen) atoms. The molecule has 2 amide bonds. The van der Waals surface area contributed by atoms with Crippen molar-refractivity contribution in [3.63, 3.8) is 0 Å². The van der Waals surface area contributed by atoms with Crippen molar-refractivity contribution < 1.29 is 14.7 Å². The number of aromatic nitrogens is 3. The van der Waals surface area contributed by atoms with E-state index in [2.05, 4.69) is 20.7 Å². The molecule has 1 aromatic heterocycles. The van der Waals surface area contributed by atoms with Gasteiger partial charge in [-0.15, -0.1) is 0 Å². The van der Waals surface area contributed by atoms with Gasteiger partial charge in [-0.1, -0.05) is 0 Å². The Hall–Kier alpha value is -2.48. The minimum absolute atomic E-state index is 0.195. The van der Waals surface area contributed by atoms with E-state index in [-0.39, 0.29) is 24.9 Å². The van der Waals surface area contributed by atoms with E-state index in [1.165, 1.54) is 11.8 Å². The average Bonchev–Trinajstić information content (AvgIpc) is 3.04. The Balaban J connectivity index is 1.77. The topological polar surface area (TPSA) is 111 Å². The molecule has 2 heterocycles. The van der Waals surface area contributed by atoms with Crippen molar-refractivity contribution in [3.05, 3.63) is 23.8 Å². The summed E-state index contributed by atoms with van der Waals surface area (Å²) >= 11 is 0. The van der Waals surface area contributed by atoms with E-state index >= 15 is 0 Å². The molecular formula is C13H15N5O3. The molecule has 0 unspecified atom stereocenters. The van der Waals surface area contributed by atoms with E-state index in [0.29, 0.717) is 16.6 Å². The highest BCUT2D eigenvalue weighted by atomic mass is 16.3. The summed E-state index contributed by atoms with van der Waals surface area (Å²) in [7, 11) is 0. The zero-order valence-corrected chi connectivity index (χ0v) is 11.4. The number of nitrogens with zero attached hydrogens (tertiary/aromatic N) is 3. The van der Waals surface area contributed by atoms with Crippen molar-refractivity contribution in [2.45, 2.75) is 19.1 Å². The van der Waals surface area contributed by atoms with Crippen LogP contribution >= 0.6 is 0 Å². The average molecular weight is 289 g/mol. The number of benzene rings is 1. The zero-order chi connectivity index (χ0) is 15.0. The first kappa shape index (κ1) is 13.5. The lowest BCUT2D eigenvalue weighted by molar-refractivity contribution is -0.120. The lowest BCUT2D eigenvalue weighted by atomic mass is 10.2. The summed E-state index contributed by atoms with van der Waals surface area (Å²) in [5.74, 6) is -0.427.